The molecule has 6 heteroatoms. The molecule has 6 nitrogen and oxygen atoms in total. The smallest absolute Gasteiger partial charge is 0.228 e. The molecule has 25 heavy (non-hydrogen) atoms. The molecule has 2 aliphatic rings. The fourth-order valence-corrected chi connectivity index (χ4v) is 4.33. The second kappa shape index (κ2) is 6.35. The van der Waals surface area contributed by atoms with Crippen molar-refractivity contribution in [3.63, 3.8) is 0 Å². The summed E-state index contributed by atoms with van der Waals surface area (Å²) in [6, 6.07) is 6.21. The van der Waals surface area contributed by atoms with Gasteiger partial charge in [-0.2, -0.15) is 0 Å². The summed E-state index contributed by atoms with van der Waals surface area (Å²) in [6.45, 7) is 3.08. The van der Waals surface area contributed by atoms with E-state index in [-0.39, 0.29) is 11.3 Å². The van der Waals surface area contributed by atoms with Crippen LogP contribution in [0.2, 0.25) is 0 Å². The van der Waals surface area contributed by atoms with Crippen molar-refractivity contribution >= 4 is 16.9 Å². The number of benzene rings is 1. The van der Waals surface area contributed by atoms with Crippen molar-refractivity contribution in [3.05, 3.63) is 36.2 Å². The fourth-order valence-electron chi connectivity index (χ4n) is 4.33. The molecule has 1 atom stereocenters. The van der Waals surface area contributed by atoms with Crippen LogP contribution in [0.3, 0.4) is 0 Å². The number of carbonyl (C=O) groups excluding carboxylic acids is 1. The number of likely N-dealkylation sites (N-methyl/N-ethyl adjacent to an activating group) is 1. The quantitative estimate of drug-likeness (QED) is 0.896. The lowest BCUT2D eigenvalue weighted by atomic mass is 9.71. The molecule has 2 saturated heterocycles. The van der Waals surface area contributed by atoms with Gasteiger partial charge < -0.3 is 10.0 Å². The first kappa shape index (κ1) is 16.4. The van der Waals surface area contributed by atoms with Gasteiger partial charge in [-0.25, -0.2) is 0 Å². The summed E-state index contributed by atoms with van der Waals surface area (Å²) in [5.74, 6) is 0.207. The van der Waals surface area contributed by atoms with Crippen LogP contribution in [0.4, 0.5) is 0 Å². The Morgan fingerprint density at radius 2 is 1.92 bits per heavy atom. The van der Waals surface area contributed by atoms with E-state index in [1.807, 2.05) is 6.07 Å². The van der Waals surface area contributed by atoms with Gasteiger partial charge in [0.1, 0.15) is 0 Å². The third kappa shape index (κ3) is 3.12. The highest BCUT2D eigenvalue weighted by Gasteiger charge is 2.47. The Kier molecular flexibility index (Phi) is 4.17. The Balaban J connectivity index is 1.43. The van der Waals surface area contributed by atoms with Gasteiger partial charge in [0.05, 0.1) is 22.6 Å². The van der Waals surface area contributed by atoms with Crippen LogP contribution in [0.1, 0.15) is 24.8 Å². The molecule has 1 aromatic carbocycles. The number of aliphatic hydroxyl groups excluding tert-OH is 1. The number of aliphatic hydroxyl groups is 1. The van der Waals surface area contributed by atoms with Crippen LogP contribution < -0.4 is 0 Å². The third-order valence-electron chi connectivity index (χ3n) is 5.66. The minimum absolute atomic E-state index is 0.207. The highest BCUT2D eigenvalue weighted by Crippen LogP contribution is 2.40. The van der Waals surface area contributed by atoms with Gasteiger partial charge in [0, 0.05) is 32.5 Å². The average Bonchev–Trinajstić information content (AvgIpc) is 2.61. The first-order valence-electron chi connectivity index (χ1n) is 8.91. The van der Waals surface area contributed by atoms with Crippen LogP contribution >= 0.6 is 0 Å². The largest absolute Gasteiger partial charge is 0.391 e. The molecule has 1 N–H and O–H groups in total. The van der Waals surface area contributed by atoms with Crippen LogP contribution in [-0.2, 0) is 11.3 Å². The van der Waals surface area contributed by atoms with E-state index < -0.39 is 6.10 Å². The van der Waals surface area contributed by atoms with Gasteiger partial charge in [-0.3, -0.25) is 19.7 Å². The van der Waals surface area contributed by atoms with Crippen molar-refractivity contribution < 1.29 is 9.90 Å². The van der Waals surface area contributed by atoms with Gasteiger partial charge in [0.2, 0.25) is 5.91 Å². The zero-order valence-electron chi connectivity index (χ0n) is 14.6. The normalized spacial score (nSPS) is 24.2. The minimum atomic E-state index is -0.395. The molecule has 3 heterocycles. The van der Waals surface area contributed by atoms with Crippen LogP contribution in [-0.4, -0.2) is 63.6 Å². The Hall–Kier alpha value is -2.05. The predicted molar refractivity (Wildman–Crippen MR) is 94.7 cm³/mol. The first-order chi connectivity index (χ1) is 12.1. The SMILES string of the molecule is CN1CC(O)CC2(CCN(Cc3ccc4nccnc4c3)CC2)C1=O. The molecule has 1 amide bonds. The lowest BCUT2D eigenvalue weighted by Crippen LogP contribution is -2.56. The Morgan fingerprint density at radius 1 is 1.20 bits per heavy atom. The lowest BCUT2D eigenvalue weighted by Gasteiger charge is -2.47. The van der Waals surface area contributed by atoms with E-state index in [4.69, 9.17) is 0 Å². The molecule has 0 radical (unpaired) electrons. The van der Waals surface area contributed by atoms with E-state index >= 15 is 0 Å². The van der Waals surface area contributed by atoms with E-state index in [9.17, 15) is 9.90 Å². The zero-order valence-corrected chi connectivity index (χ0v) is 14.6. The summed E-state index contributed by atoms with van der Waals surface area (Å²) < 4.78 is 0. The van der Waals surface area contributed by atoms with Crippen LogP contribution in [0.15, 0.2) is 30.6 Å². The molecule has 0 aliphatic carbocycles. The molecule has 0 saturated carbocycles. The van der Waals surface area contributed by atoms with Crippen LogP contribution in [0.5, 0.6) is 0 Å². The first-order valence-corrected chi connectivity index (χ1v) is 8.91. The van der Waals surface area contributed by atoms with E-state index in [2.05, 4.69) is 27.0 Å². The van der Waals surface area contributed by atoms with Crippen molar-refractivity contribution in [1.82, 2.24) is 19.8 Å². The fraction of sp³-hybridized carbons (Fsp3) is 0.526. The molecule has 2 aliphatic heterocycles. The van der Waals surface area contributed by atoms with Crippen molar-refractivity contribution in [1.29, 1.82) is 0 Å². The topological polar surface area (TPSA) is 69.6 Å². The number of carbonyl (C=O) groups is 1. The van der Waals surface area contributed by atoms with Gasteiger partial charge in [-0.1, -0.05) is 6.07 Å². The monoisotopic (exact) mass is 340 g/mol. The number of nitrogens with zero attached hydrogens (tertiary/aromatic N) is 4. The van der Waals surface area contributed by atoms with E-state index in [1.165, 1.54) is 5.56 Å². The number of amides is 1. The van der Waals surface area contributed by atoms with Gasteiger partial charge in [0.15, 0.2) is 0 Å². The summed E-state index contributed by atoms with van der Waals surface area (Å²) in [4.78, 5) is 25.4. The number of piperidine rings is 2. The zero-order chi connectivity index (χ0) is 17.4. The van der Waals surface area contributed by atoms with Gasteiger partial charge >= 0.3 is 0 Å². The predicted octanol–water partition coefficient (Wildman–Crippen LogP) is 1.43. The number of hydrogen-bond donors (Lipinski definition) is 1. The molecule has 1 spiro atoms. The molecule has 1 aromatic heterocycles. The summed E-state index contributed by atoms with van der Waals surface area (Å²) in [5, 5.41) is 10.1. The number of aromatic nitrogens is 2. The van der Waals surface area contributed by atoms with E-state index in [0.29, 0.717) is 13.0 Å². The highest BCUT2D eigenvalue weighted by molar-refractivity contribution is 5.83. The van der Waals surface area contributed by atoms with Crippen LogP contribution in [0.25, 0.3) is 11.0 Å². The van der Waals surface area contributed by atoms with E-state index in [1.54, 1.807) is 24.3 Å². The summed E-state index contributed by atoms with van der Waals surface area (Å²) >= 11 is 0. The van der Waals surface area contributed by atoms with Gasteiger partial charge in [0.25, 0.3) is 0 Å². The Morgan fingerprint density at radius 3 is 2.68 bits per heavy atom. The maximum atomic E-state index is 12.6. The summed E-state index contributed by atoms with van der Waals surface area (Å²) in [7, 11) is 1.80. The minimum Gasteiger partial charge on any atom is -0.391 e. The highest BCUT2D eigenvalue weighted by atomic mass is 16.3. The summed E-state index contributed by atoms with van der Waals surface area (Å²) in [5.41, 5.74) is 2.68. The number of rotatable bonds is 2. The average molecular weight is 340 g/mol. The number of β-amino-alcohol motifs (C(OH)–C–C–N with tert-alkyl or cyclic N) is 1. The van der Waals surface area contributed by atoms with Crippen molar-refractivity contribution in [3.8, 4) is 0 Å². The second-order valence-electron chi connectivity index (χ2n) is 7.48. The maximum Gasteiger partial charge on any atom is 0.228 e. The molecule has 1 unspecified atom stereocenters. The van der Waals surface area contributed by atoms with Gasteiger partial charge in [-0.05, 0) is 50.0 Å². The Labute approximate surface area is 147 Å². The van der Waals surface area contributed by atoms with Crippen molar-refractivity contribution in [2.75, 3.05) is 26.7 Å². The molecule has 2 fully saturated rings. The second-order valence-corrected chi connectivity index (χ2v) is 7.48. The number of fused-ring (bicyclic) bond motifs is 1. The maximum absolute atomic E-state index is 12.6. The van der Waals surface area contributed by atoms with Gasteiger partial charge in [-0.15, -0.1) is 0 Å². The molecular formula is C19H24N4O2. The number of likely N-dealkylation sites (tertiary alicyclic amines) is 2. The molecule has 2 aromatic rings. The van der Waals surface area contributed by atoms with Crippen molar-refractivity contribution in [2.45, 2.75) is 31.9 Å². The summed E-state index contributed by atoms with van der Waals surface area (Å²) in [6.07, 6.45) is 5.27. The standard InChI is InChI=1S/C19H24N4O2/c1-22-13-15(24)11-19(18(22)25)4-8-23(9-5-19)12-14-2-3-16-17(10-14)21-7-6-20-16/h2-3,6-7,10,15,24H,4-5,8-9,11-13H2,1H3. The molecule has 132 valence electrons. The van der Waals surface area contributed by atoms with Crippen molar-refractivity contribution in [2.24, 2.45) is 5.41 Å². The molecule has 0 bridgehead atoms. The molecular weight excluding hydrogens is 316 g/mol. The molecule has 4 rings (SSSR count). The third-order valence-corrected chi connectivity index (χ3v) is 5.66. The van der Waals surface area contributed by atoms with Crippen LogP contribution in [0, 0.1) is 5.41 Å². The lowest BCUT2D eigenvalue weighted by molar-refractivity contribution is -0.154. The Bertz CT molecular complexity index is 786. The number of hydrogen-bond acceptors (Lipinski definition) is 5. The van der Waals surface area contributed by atoms with E-state index in [0.717, 1.165) is 43.5 Å².